The van der Waals surface area contributed by atoms with Gasteiger partial charge in [0.05, 0.1) is 0 Å². The van der Waals surface area contributed by atoms with Gasteiger partial charge in [-0.15, -0.1) is 0 Å². The van der Waals surface area contributed by atoms with Gasteiger partial charge in [-0.1, -0.05) is 19.2 Å². The van der Waals surface area contributed by atoms with Crippen molar-refractivity contribution < 1.29 is 9.90 Å². The summed E-state index contributed by atoms with van der Waals surface area (Å²) in [6.07, 6.45) is 3.58. The second kappa shape index (κ2) is 3.66. The first-order valence-corrected chi connectivity index (χ1v) is 2.40. The third kappa shape index (κ3) is 2.49. The lowest BCUT2D eigenvalue weighted by atomic mass is 10.3. The molecule has 0 aromatic heterocycles. The van der Waals surface area contributed by atoms with Crippen molar-refractivity contribution in [1.29, 1.82) is 0 Å². The molecular weight excluding hydrogens is 116 g/mol. The zero-order chi connectivity index (χ0) is 7.28. The topological polar surface area (TPSA) is 37.3 Å². The minimum Gasteiger partial charge on any atom is -0.504 e. The summed E-state index contributed by atoms with van der Waals surface area (Å²) in [7, 11) is 0. The van der Waals surface area contributed by atoms with Gasteiger partial charge >= 0.3 is 0 Å². The fraction of sp³-hybridized carbons (Fsp3) is 0. The van der Waals surface area contributed by atoms with Crippen LogP contribution in [0.15, 0.2) is 37.1 Å². The highest BCUT2D eigenvalue weighted by atomic mass is 16.3. The van der Waals surface area contributed by atoms with Crippen molar-refractivity contribution in [3.8, 4) is 0 Å². The molecule has 0 amide bonds. The van der Waals surface area contributed by atoms with Crippen LogP contribution in [0.2, 0.25) is 0 Å². The summed E-state index contributed by atoms with van der Waals surface area (Å²) in [5.41, 5.74) is 0. The summed E-state index contributed by atoms with van der Waals surface area (Å²) in [5, 5.41) is 8.69. The van der Waals surface area contributed by atoms with Crippen molar-refractivity contribution in [2.75, 3.05) is 0 Å². The fourth-order valence-electron chi connectivity index (χ4n) is 0.298. The average Bonchev–Trinajstić information content (AvgIpc) is 1.87. The van der Waals surface area contributed by atoms with E-state index in [0.29, 0.717) is 0 Å². The molecule has 0 saturated heterocycles. The summed E-state index contributed by atoms with van der Waals surface area (Å²) < 4.78 is 0. The van der Waals surface area contributed by atoms with Crippen molar-refractivity contribution in [3.63, 3.8) is 0 Å². The van der Waals surface area contributed by atoms with Crippen LogP contribution in [0.1, 0.15) is 0 Å². The first kappa shape index (κ1) is 7.69. The molecule has 0 aliphatic heterocycles. The Balaban J connectivity index is 4.18. The highest BCUT2D eigenvalue weighted by Gasteiger charge is 1.97. The smallest absolute Gasteiger partial charge is 0.219 e. The summed E-state index contributed by atoms with van der Waals surface area (Å²) in [4.78, 5) is 10.4. The van der Waals surface area contributed by atoms with Gasteiger partial charge in [0.15, 0.2) is 5.76 Å². The van der Waals surface area contributed by atoms with Gasteiger partial charge < -0.3 is 5.11 Å². The molecule has 0 aliphatic carbocycles. The van der Waals surface area contributed by atoms with E-state index in [-0.39, 0.29) is 5.76 Å². The molecule has 2 nitrogen and oxygen atoms in total. The molecule has 0 saturated carbocycles. The standard InChI is InChI=1S/C7H8O2/c1-3-5-7(9)6(8)4-2/h3-5,9H,1-2H2/b7-5+. The second-order valence-electron chi connectivity index (χ2n) is 1.36. The van der Waals surface area contributed by atoms with Gasteiger partial charge in [0.25, 0.3) is 0 Å². The Morgan fingerprint density at radius 1 is 1.44 bits per heavy atom. The van der Waals surface area contributed by atoms with Crippen LogP contribution in [0, 0.1) is 0 Å². The maximum Gasteiger partial charge on any atom is 0.219 e. The van der Waals surface area contributed by atoms with Crippen LogP contribution in [-0.4, -0.2) is 10.9 Å². The van der Waals surface area contributed by atoms with Gasteiger partial charge in [-0.3, -0.25) is 4.79 Å². The van der Waals surface area contributed by atoms with Gasteiger partial charge in [0.2, 0.25) is 5.78 Å². The van der Waals surface area contributed by atoms with E-state index in [1.165, 1.54) is 12.2 Å². The van der Waals surface area contributed by atoms with E-state index in [9.17, 15) is 4.79 Å². The summed E-state index contributed by atoms with van der Waals surface area (Å²) in [6.45, 7) is 6.47. The number of allylic oxidation sites excluding steroid dienone is 3. The second-order valence-corrected chi connectivity index (χ2v) is 1.36. The van der Waals surface area contributed by atoms with Crippen LogP contribution >= 0.6 is 0 Å². The Hall–Kier alpha value is -1.31. The molecule has 0 aromatic rings. The van der Waals surface area contributed by atoms with Crippen LogP contribution in [-0.2, 0) is 4.79 Å². The predicted octanol–water partition coefficient (Wildman–Crippen LogP) is 1.37. The molecule has 9 heavy (non-hydrogen) atoms. The van der Waals surface area contributed by atoms with E-state index in [0.717, 1.165) is 6.08 Å². The molecule has 0 bridgehead atoms. The van der Waals surface area contributed by atoms with Crippen LogP contribution in [0.3, 0.4) is 0 Å². The third-order valence-electron chi connectivity index (χ3n) is 0.714. The number of carbonyl (C=O) groups excluding carboxylic acids is 1. The lowest BCUT2D eigenvalue weighted by molar-refractivity contribution is -0.113. The molecule has 0 aromatic carbocycles. The Morgan fingerprint density at radius 3 is 2.33 bits per heavy atom. The first-order valence-electron chi connectivity index (χ1n) is 2.40. The van der Waals surface area contributed by atoms with E-state index in [1.807, 2.05) is 0 Å². The molecule has 1 N–H and O–H groups in total. The molecule has 0 unspecified atom stereocenters. The Bertz CT molecular complexity index is 166. The van der Waals surface area contributed by atoms with E-state index < -0.39 is 5.78 Å². The molecule has 0 radical (unpaired) electrons. The highest BCUT2D eigenvalue weighted by Crippen LogP contribution is 1.90. The zero-order valence-corrected chi connectivity index (χ0v) is 5.00. The molecule has 0 fully saturated rings. The van der Waals surface area contributed by atoms with Gasteiger partial charge in [-0.25, -0.2) is 0 Å². The molecular formula is C7H8O2. The summed E-state index contributed by atoms with van der Waals surface area (Å²) in [5.74, 6) is -0.824. The Kier molecular flexibility index (Phi) is 3.13. The minimum absolute atomic E-state index is 0.333. The maximum atomic E-state index is 10.4. The summed E-state index contributed by atoms with van der Waals surface area (Å²) >= 11 is 0. The number of hydrogen-bond acceptors (Lipinski definition) is 2. The van der Waals surface area contributed by atoms with E-state index >= 15 is 0 Å². The SMILES string of the molecule is C=C/C=C(/O)C(=O)C=C. The highest BCUT2D eigenvalue weighted by molar-refractivity contribution is 6.01. The van der Waals surface area contributed by atoms with Crippen molar-refractivity contribution >= 4 is 5.78 Å². The van der Waals surface area contributed by atoms with Crippen LogP contribution < -0.4 is 0 Å². The summed E-state index contributed by atoms with van der Waals surface area (Å²) in [6, 6.07) is 0. The number of aliphatic hydroxyl groups is 1. The lowest BCUT2D eigenvalue weighted by Crippen LogP contribution is -1.94. The molecule has 2 heteroatoms. The quantitative estimate of drug-likeness (QED) is 0.350. The van der Waals surface area contributed by atoms with E-state index in [1.54, 1.807) is 0 Å². The maximum absolute atomic E-state index is 10.4. The third-order valence-corrected chi connectivity index (χ3v) is 0.714. The van der Waals surface area contributed by atoms with Gasteiger partial charge in [0.1, 0.15) is 0 Å². The van der Waals surface area contributed by atoms with Crippen LogP contribution in [0.25, 0.3) is 0 Å². The monoisotopic (exact) mass is 124 g/mol. The molecule has 0 heterocycles. The fourth-order valence-corrected chi connectivity index (χ4v) is 0.298. The van der Waals surface area contributed by atoms with Crippen molar-refractivity contribution in [1.82, 2.24) is 0 Å². The Morgan fingerprint density at radius 2 is 2.00 bits per heavy atom. The van der Waals surface area contributed by atoms with Gasteiger partial charge in [-0.2, -0.15) is 0 Å². The number of aliphatic hydroxyl groups excluding tert-OH is 1. The molecule has 48 valence electrons. The predicted molar refractivity (Wildman–Crippen MR) is 36.1 cm³/mol. The zero-order valence-electron chi connectivity index (χ0n) is 5.00. The van der Waals surface area contributed by atoms with Crippen LogP contribution in [0.4, 0.5) is 0 Å². The molecule has 0 spiro atoms. The first-order chi connectivity index (χ1) is 4.22. The number of ketones is 1. The average molecular weight is 124 g/mol. The number of hydrogen-bond donors (Lipinski definition) is 1. The molecule has 0 aliphatic rings. The van der Waals surface area contributed by atoms with Crippen molar-refractivity contribution in [2.24, 2.45) is 0 Å². The van der Waals surface area contributed by atoms with Crippen LogP contribution in [0.5, 0.6) is 0 Å². The number of rotatable bonds is 3. The van der Waals surface area contributed by atoms with E-state index in [2.05, 4.69) is 13.2 Å². The minimum atomic E-state index is -0.491. The molecule has 0 rings (SSSR count). The van der Waals surface area contributed by atoms with Gasteiger partial charge in [-0.05, 0) is 12.2 Å². The molecule has 0 atom stereocenters. The van der Waals surface area contributed by atoms with Gasteiger partial charge in [0, 0.05) is 0 Å². The largest absolute Gasteiger partial charge is 0.504 e. The van der Waals surface area contributed by atoms with Crippen molar-refractivity contribution in [3.05, 3.63) is 37.1 Å². The Labute approximate surface area is 53.8 Å². The normalized spacial score (nSPS) is 10.4. The number of carbonyl (C=O) groups is 1. The lowest BCUT2D eigenvalue weighted by Gasteiger charge is -1.87. The van der Waals surface area contributed by atoms with E-state index in [4.69, 9.17) is 5.11 Å². The van der Waals surface area contributed by atoms with Crippen molar-refractivity contribution in [2.45, 2.75) is 0 Å².